The first kappa shape index (κ1) is 33.6. The van der Waals surface area contributed by atoms with Gasteiger partial charge in [-0.25, -0.2) is 0 Å². The summed E-state index contributed by atoms with van der Waals surface area (Å²) in [5.74, 6) is 0.129. The zero-order chi connectivity index (χ0) is 32.5. The Labute approximate surface area is 275 Å². The number of carbonyl (C=O) groups excluding carboxylic acids is 3. The van der Waals surface area contributed by atoms with Crippen LogP contribution in [0, 0.1) is 5.92 Å². The average Bonchev–Trinajstić information content (AvgIpc) is 3.69. The van der Waals surface area contributed by atoms with Gasteiger partial charge in [-0.2, -0.15) is 0 Å². The molecule has 0 bridgehead atoms. The fourth-order valence-electron chi connectivity index (χ4n) is 7.99. The van der Waals surface area contributed by atoms with Crippen LogP contribution in [0.1, 0.15) is 51.0 Å². The van der Waals surface area contributed by atoms with E-state index >= 15 is 0 Å². The van der Waals surface area contributed by atoms with Gasteiger partial charge in [0.25, 0.3) is 5.91 Å². The summed E-state index contributed by atoms with van der Waals surface area (Å²) >= 11 is 3.64. The zero-order valence-electron chi connectivity index (χ0n) is 26.9. The highest BCUT2D eigenvalue weighted by Crippen LogP contribution is 2.60. The second-order valence-electron chi connectivity index (χ2n) is 13.1. The van der Waals surface area contributed by atoms with Crippen LogP contribution in [0.4, 0.5) is 5.69 Å². The van der Waals surface area contributed by atoms with Crippen molar-refractivity contribution >= 4 is 52.7 Å². The number of ether oxygens (including phenoxy) is 3. The number of halogens is 1. The minimum atomic E-state index is -2.40. The SMILES string of the molecule is COC(=O)CCCCN1C(=O)[C@@]2(O[C@@H](CC(=O)N3CCC[C@H]3CO)[C@H]([Si](C)(C)c3ccc(OC)cc3)[C@H]2C)c2cc(Br)ccc21. The Kier molecular flexibility index (Phi) is 10.1. The number of aliphatic hydroxyl groups excluding tert-OH is 1. The van der Waals surface area contributed by atoms with E-state index in [1.165, 1.54) is 12.3 Å². The molecule has 5 atom stereocenters. The molecule has 2 saturated heterocycles. The molecule has 0 unspecified atom stereocenters. The van der Waals surface area contributed by atoms with Crippen molar-refractivity contribution in [2.24, 2.45) is 5.92 Å². The molecule has 45 heavy (non-hydrogen) atoms. The second-order valence-corrected chi connectivity index (χ2v) is 18.7. The van der Waals surface area contributed by atoms with E-state index in [0.29, 0.717) is 32.4 Å². The van der Waals surface area contributed by atoms with Crippen molar-refractivity contribution < 1.29 is 33.7 Å². The van der Waals surface area contributed by atoms with Gasteiger partial charge in [-0.15, -0.1) is 0 Å². The Morgan fingerprint density at radius 1 is 1.13 bits per heavy atom. The number of methoxy groups -OCH3 is 2. The third-order valence-electron chi connectivity index (χ3n) is 10.3. The predicted molar refractivity (Wildman–Crippen MR) is 178 cm³/mol. The lowest BCUT2D eigenvalue weighted by atomic mass is 9.82. The minimum absolute atomic E-state index is 0.0371. The van der Waals surface area contributed by atoms with Crippen LogP contribution in [0.3, 0.4) is 0 Å². The Morgan fingerprint density at radius 3 is 2.53 bits per heavy atom. The first-order valence-corrected chi connectivity index (χ1v) is 19.8. The highest BCUT2D eigenvalue weighted by molar-refractivity contribution is 9.10. The lowest BCUT2D eigenvalue weighted by molar-refractivity contribution is -0.150. The first-order chi connectivity index (χ1) is 21.5. The van der Waals surface area contributed by atoms with E-state index in [-0.39, 0.29) is 48.3 Å². The smallest absolute Gasteiger partial charge is 0.305 e. The van der Waals surface area contributed by atoms with Crippen molar-refractivity contribution in [3.05, 3.63) is 52.5 Å². The first-order valence-electron chi connectivity index (χ1n) is 15.9. The van der Waals surface area contributed by atoms with Crippen LogP contribution in [-0.4, -0.2) is 81.9 Å². The van der Waals surface area contributed by atoms with Crippen molar-refractivity contribution in [3.63, 3.8) is 0 Å². The van der Waals surface area contributed by atoms with Gasteiger partial charge in [0, 0.05) is 35.5 Å². The van der Waals surface area contributed by atoms with Gasteiger partial charge in [0.1, 0.15) is 5.75 Å². The molecule has 3 heterocycles. The van der Waals surface area contributed by atoms with Crippen molar-refractivity contribution in [1.29, 1.82) is 0 Å². The third kappa shape index (κ3) is 6.08. The van der Waals surface area contributed by atoms with Crippen LogP contribution in [0.15, 0.2) is 46.9 Å². The van der Waals surface area contributed by atoms with Crippen molar-refractivity contribution in [2.45, 2.75) is 81.8 Å². The van der Waals surface area contributed by atoms with E-state index in [0.717, 1.165) is 34.3 Å². The standard InChI is InChI=1S/C34H45BrN2O7Si/c1-22-32(45(4,5)26-14-12-25(42-2)13-15-26)29(20-30(39)36-18-8-9-24(36)21-38)44-34(22)27-19-23(35)11-16-28(27)37(33(34)41)17-7-6-10-31(40)43-3/h11-16,19,22,24,29,32,38H,6-10,17-18,20-21H2,1-5H3/t22-,24+,29+,32-,34+/m1/s1. The lowest BCUT2D eigenvalue weighted by Gasteiger charge is -2.37. The third-order valence-corrected chi connectivity index (χ3v) is 15.2. The maximum Gasteiger partial charge on any atom is 0.305 e. The number of rotatable bonds is 11. The molecule has 0 saturated carbocycles. The number of hydrogen-bond donors (Lipinski definition) is 1. The van der Waals surface area contributed by atoms with Crippen LogP contribution >= 0.6 is 15.9 Å². The fraction of sp³-hybridized carbons (Fsp3) is 0.559. The van der Waals surface area contributed by atoms with Gasteiger partial charge in [-0.1, -0.05) is 53.3 Å². The predicted octanol–water partition coefficient (Wildman–Crippen LogP) is 4.74. The van der Waals surface area contributed by atoms with Gasteiger partial charge in [0.05, 0.1) is 53.2 Å². The monoisotopic (exact) mass is 700 g/mol. The summed E-state index contributed by atoms with van der Waals surface area (Å²) in [6.07, 6.45) is 2.84. The van der Waals surface area contributed by atoms with E-state index in [2.05, 4.69) is 48.1 Å². The number of fused-ring (bicyclic) bond motifs is 2. The molecule has 1 N–H and O–H groups in total. The molecular formula is C34H45BrN2O7Si. The fourth-order valence-corrected chi connectivity index (χ4v) is 12.4. The van der Waals surface area contributed by atoms with E-state index in [1.807, 2.05) is 30.3 Å². The molecular weight excluding hydrogens is 656 g/mol. The number of benzene rings is 2. The van der Waals surface area contributed by atoms with Crippen molar-refractivity contribution in [2.75, 3.05) is 38.8 Å². The summed E-state index contributed by atoms with van der Waals surface area (Å²) in [5, 5.41) is 11.2. The van der Waals surface area contributed by atoms with E-state index in [4.69, 9.17) is 14.2 Å². The Hall–Kier alpha value is -2.73. The Morgan fingerprint density at radius 2 is 1.87 bits per heavy atom. The molecule has 11 heteroatoms. The number of amides is 2. The summed E-state index contributed by atoms with van der Waals surface area (Å²) < 4.78 is 18.2. The number of likely N-dealkylation sites (tertiary alicyclic amines) is 1. The number of aliphatic hydroxyl groups is 1. The molecule has 2 aromatic rings. The number of nitrogens with zero attached hydrogens (tertiary/aromatic N) is 2. The van der Waals surface area contributed by atoms with Crippen LogP contribution in [0.5, 0.6) is 5.75 Å². The van der Waals surface area contributed by atoms with Gasteiger partial charge in [0.2, 0.25) is 5.91 Å². The summed E-state index contributed by atoms with van der Waals surface area (Å²) in [4.78, 5) is 43.9. The quantitative estimate of drug-likeness (QED) is 0.205. The van der Waals surface area contributed by atoms with Crippen molar-refractivity contribution in [3.8, 4) is 5.75 Å². The van der Waals surface area contributed by atoms with Gasteiger partial charge < -0.3 is 29.1 Å². The molecule has 1 spiro atoms. The highest BCUT2D eigenvalue weighted by atomic mass is 79.9. The zero-order valence-corrected chi connectivity index (χ0v) is 29.5. The summed E-state index contributed by atoms with van der Waals surface area (Å²) in [7, 11) is 0.627. The maximum atomic E-state index is 14.7. The molecule has 0 aromatic heterocycles. The lowest BCUT2D eigenvalue weighted by Crippen LogP contribution is -2.52. The Bertz CT molecular complexity index is 1420. The molecule has 244 valence electrons. The average molecular weight is 702 g/mol. The molecule has 0 aliphatic carbocycles. The molecule has 0 radical (unpaired) electrons. The molecule has 2 fully saturated rings. The number of carbonyl (C=O) groups is 3. The van der Waals surface area contributed by atoms with Gasteiger partial charge in [0.15, 0.2) is 5.60 Å². The normalized spacial score (nSPS) is 26.1. The second kappa shape index (κ2) is 13.6. The summed E-state index contributed by atoms with van der Waals surface area (Å²) in [6, 6.07) is 13.9. The van der Waals surface area contributed by atoms with Gasteiger partial charge >= 0.3 is 5.97 Å². The number of esters is 1. The summed E-state index contributed by atoms with van der Waals surface area (Å²) in [5.41, 5.74) is 0.300. The number of hydrogen-bond acceptors (Lipinski definition) is 7. The molecule has 3 aliphatic heterocycles. The minimum Gasteiger partial charge on any atom is -0.497 e. The molecule has 2 aromatic carbocycles. The van der Waals surface area contributed by atoms with Crippen LogP contribution in [0.25, 0.3) is 0 Å². The van der Waals surface area contributed by atoms with Gasteiger partial charge in [-0.3, -0.25) is 14.4 Å². The van der Waals surface area contributed by atoms with Crippen molar-refractivity contribution in [1.82, 2.24) is 4.90 Å². The van der Waals surface area contributed by atoms with E-state index < -0.39 is 19.8 Å². The molecule has 9 nitrogen and oxygen atoms in total. The van der Waals surface area contributed by atoms with Crippen LogP contribution < -0.4 is 14.8 Å². The van der Waals surface area contributed by atoms with Gasteiger partial charge in [-0.05, 0) is 61.6 Å². The Balaban J connectivity index is 1.54. The van der Waals surface area contributed by atoms with Crippen LogP contribution in [-0.2, 0) is 29.5 Å². The van der Waals surface area contributed by atoms with E-state index in [1.54, 1.807) is 16.9 Å². The molecule has 5 rings (SSSR count). The van der Waals surface area contributed by atoms with Crippen LogP contribution in [0.2, 0.25) is 18.6 Å². The highest BCUT2D eigenvalue weighted by Gasteiger charge is 2.66. The summed E-state index contributed by atoms with van der Waals surface area (Å²) in [6.45, 7) is 7.72. The largest absolute Gasteiger partial charge is 0.497 e. The maximum absolute atomic E-state index is 14.7. The molecule has 3 aliphatic rings. The molecule has 2 amide bonds. The topological polar surface area (TPSA) is 106 Å². The van der Waals surface area contributed by atoms with E-state index in [9.17, 15) is 19.5 Å². The number of anilines is 1. The number of unbranched alkanes of at least 4 members (excludes halogenated alkanes) is 1.